The Bertz CT molecular complexity index is 647. The zero-order chi connectivity index (χ0) is 15.0. The van der Waals surface area contributed by atoms with E-state index in [2.05, 4.69) is 4.98 Å². The number of H-pyrrole nitrogens is 1. The molecule has 0 saturated carbocycles. The van der Waals surface area contributed by atoms with Gasteiger partial charge in [-0.05, 0) is 37.1 Å². The number of halogens is 2. The van der Waals surface area contributed by atoms with Crippen molar-refractivity contribution in [1.82, 2.24) is 9.88 Å². The number of hydrogen-bond acceptors (Lipinski definition) is 2. The Morgan fingerprint density at radius 2 is 2.05 bits per heavy atom. The van der Waals surface area contributed by atoms with Crippen LogP contribution >= 0.6 is 23.2 Å². The zero-order valence-electron chi connectivity index (χ0n) is 11.3. The number of amides is 1. The monoisotopic (exact) mass is 323 g/mol. The van der Waals surface area contributed by atoms with Gasteiger partial charge in [0.15, 0.2) is 0 Å². The van der Waals surface area contributed by atoms with E-state index in [1.165, 1.54) is 0 Å². The highest BCUT2D eigenvalue weighted by Crippen LogP contribution is 2.34. The van der Waals surface area contributed by atoms with Gasteiger partial charge >= 0.3 is 0 Å². The normalized spacial score (nSPS) is 18.2. The molecule has 0 spiro atoms. The van der Waals surface area contributed by atoms with E-state index in [0.717, 1.165) is 25.1 Å². The van der Waals surface area contributed by atoms with E-state index in [1.54, 1.807) is 12.1 Å². The minimum atomic E-state index is -0.0732. The van der Waals surface area contributed by atoms with Crippen molar-refractivity contribution in [2.24, 2.45) is 0 Å². The first-order valence-corrected chi connectivity index (χ1v) is 7.52. The number of likely N-dealkylation sites (tertiary alicyclic amines) is 1. The number of benzene rings is 1. The van der Waals surface area contributed by atoms with Gasteiger partial charge < -0.3 is 15.6 Å². The molecule has 0 bridgehead atoms. The minimum absolute atomic E-state index is 0.0719. The second kappa shape index (κ2) is 5.62. The van der Waals surface area contributed by atoms with E-state index in [-0.39, 0.29) is 11.9 Å². The van der Waals surface area contributed by atoms with Crippen LogP contribution in [-0.4, -0.2) is 22.3 Å². The second-order valence-corrected chi connectivity index (χ2v) is 5.95. The van der Waals surface area contributed by atoms with E-state index < -0.39 is 0 Å². The largest absolute Gasteiger partial charge is 0.396 e. The summed E-state index contributed by atoms with van der Waals surface area (Å²) in [7, 11) is 0. The van der Waals surface area contributed by atoms with Crippen LogP contribution in [0.2, 0.25) is 10.0 Å². The third kappa shape index (κ3) is 2.61. The van der Waals surface area contributed by atoms with Crippen molar-refractivity contribution in [2.45, 2.75) is 18.9 Å². The van der Waals surface area contributed by atoms with Gasteiger partial charge in [-0.25, -0.2) is 0 Å². The fourth-order valence-electron chi connectivity index (χ4n) is 2.76. The van der Waals surface area contributed by atoms with Crippen LogP contribution in [0.15, 0.2) is 30.5 Å². The van der Waals surface area contributed by atoms with Crippen molar-refractivity contribution in [3.05, 3.63) is 51.8 Å². The molecule has 1 aromatic carbocycles. The topological polar surface area (TPSA) is 62.1 Å². The second-order valence-electron chi connectivity index (χ2n) is 5.14. The highest BCUT2D eigenvalue weighted by atomic mass is 35.5. The average Bonchev–Trinajstić information content (AvgIpc) is 3.13. The molecule has 1 atom stereocenters. The molecule has 1 saturated heterocycles. The zero-order valence-corrected chi connectivity index (χ0v) is 12.8. The molecule has 3 rings (SSSR count). The molecule has 3 N–H and O–H groups in total. The summed E-state index contributed by atoms with van der Waals surface area (Å²) in [4.78, 5) is 17.8. The smallest absolute Gasteiger partial charge is 0.254 e. The molecule has 1 amide bonds. The Morgan fingerprint density at radius 3 is 2.67 bits per heavy atom. The van der Waals surface area contributed by atoms with Crippen molar-refractivity contribution in [3.63, 3.8) is 0 Å². The Morgan fingerprint density at radius 1 is 1.33 bits per heavy atom. The number of aromatic nitrogens is 1. The number of aromatic amines is 1. The number of hydrogen-bond donors (Lipinski definition) is 2. The average molecular weight is 324 g/mol. The summed E-state index contributed by atoms with van der Waals surface area (Å²) < 4.78 is 0. The molecule has 6 heteroatoms. The minimum Gasteiger partial charge on any atom is -0.396 e. The SMILES string of the molecule is Nc1c(Cl)cc(C(=O)N2CCCC2c2ccc[nH]2)cc1Cl. The molecule has 1 aliphatic rings. The maximum atomic E-state index is 12.7. The molecular weight excluding hydrogens is 309 g/mol. The van der Waals surface area contributed by atoms with E-state index in [9.17, 15) is 4.79 Å². The summed E-state index contributed by atoms with van der Waals surface area (Å²) in [6, 6.07) is 7.17. The molecule has 0 radical (unpaired) electrons. The van der Waals surface area contributed by atoms with Crippen LogP contribution in [0, 0.1) is 0 Å². The van der Waals surface area contributed by atoms with Crippen LogP contribution < -0.4 is 5.73 Å². The molecule has 2 heterocycles. The maximum absolute atomic E-state index is 12.7. The third-order valence-corrected chi connectivity index (χ3v) is 4.45. The summed E-state index contributed by atoms with van der Waals surface area (Å²) in [6.45, 7) is 0.724. The summed E-state index contributed by atoms with van der Waals surface area (Å²) in [6.07, 6.45) is 3.79. The van der Waals surface area contributed by atoms with Gasteiger partial charge in [0.1, 0.15) is 0 Å². The first kappa shape index (κ1) is 14.3. The predicted molar refractivity (Wildman–Crippen MR) is 84.7 cm³/mol. The first-order valence-electron chi connectivity index (χ1n) is 6.76. The molecule has 1 fully saturated rings. The summed E-state index contributed by atoms with van der Waals surface area (Å²) in [5.41, 5.74) is 7.54. The standard InChI is InChI=1S/C15H15Cl2N3O/c16-10-7-9(8-11(17)14(10)18)15(21)20-6-2-4-13(20)12-3-1-5-19-12/h1,3,5,7-8,13,19H,2,4,6,18H2. The highest BCUT2D eigenvalue weighted by Gasteiger charge is 2.31. The lowest BCUT2D eigenvalue weighted by molar-refractivity contribution is 0.0733. The van der Waals surface area contributed by atoms with E-state index in [1.807, 2.05) is 23.2 Å². The Labute approximate surface area is 132 Å². The van der Waals surface area contributed by atoms with Crippen LogP contribution in [0.5, 0.6) is 0 Å². The number of carbonyl (C=O) groups excluding carboxylic acids is 1. The highest BCUT2D eigenvalue weighted by molar-refractivity contribution is 6.39. The third-order valence-electron chi connectivity index (χ3n) is 3.82. The van der Waals surface area contributed by atoms with E-state index in [4.69, 9.17) is 28.9 Å². The van der Waals surface area contributed by atoms with Crippen molar-refractivity contribution in [2.75, 3.05) is 12.3 Å². The van der Waals surface area contributed by atoms with Gasteiger partial charge in [0.05, 0.1) is 21.8 Å². The summed E-state index contributed by atoms with van der Waals surface area (Å²) in [5, 5.41) is 0.614. The van der Waals surface area contributed by atoms with Gasteiger partial charge in [-0.2, -0.15) is 0 Å². The van der Waals surface area contributed by atoms with Crippen LogP contribution in [-0.2, 0) is 0 Å². The quantitative estimate of drug-likeness (QED) is 0.824. The van der Waals surface area contributed by atoms with Gasteiger partial charge in [-0.3, -0.25) is 4.79 Å². The van der Waals surface area contributed by atoms with Crippen LogP contribution in [0.3, 0.4) is 0 Å². The van der Waals surface area contributed by atoms with Crippen molar-refractivity contribution in [3.8, 4) is 0 Å². The van der Waals surface area contributed by atoms with Gasteiger partial charge in [0.2, 0.25) is 0 Å². The van der Waals surface area contributed by atoms with Gasteiger partial charge in [-0.1, -0.05) is 23.2 Å². The van der Waals surface area contributed by atoms with Gasteiger partial charge in [0.25, 0.3) is 5.91 Å². The number of anilines is 1. The van der Waals surface area contributed by atoms with Crippen LogP contribution in [0.1, 0.15) is 34.9 Å². The molecule has 2 aromatic rings. The first-order chi connectivity index (χ1) is 10.1. The fraction of sp³-hybridized carbons (Fsp3) is 0.267. The van der Waals surface area contributed by atoms with Gasteiger partial charge in [0, 0.05) is 24.0 Å². The van der Waals surface area contributed by atoms with Crippen molar-refractivity contribution >= 4 is 34.8 Å². The molecular formula is C15H15Cl2N3O. The lowest BCUT2D eigenvalue weighted by Gasteiger charge is -2.24. The lowest BCUT2D eigenvalue weighted by Crippen LogP contribution is -2.30. The molecule has 0 aliphatic carbocycles. The molecule has 1 aliphatic heterocycles. The van der Waals surface area contributed by atoms with Crippen molar-refractivity contribution < 1.29 is 4.79 Å². The van der Waals surface area contributed by atoms with Crippen molar-refractivity contribution in [1.29, 1.82) is 0 Å². The van der Waals surface area contributed by atoms with Crippen LogP contribution in [0.4, 0.5) is 5.69 Å². The van der Waals surface area contributed by atoms with E-state index >= 15 is 0 Å². The Kier molecular flexibility index (Phi) is 3.83. The molecule has 1 aromatic heterocycles. The van der Waals surface area contributed by atoms with Gasteiger partial charge in [-0.15, -0.1) is 0 Å². The van der Waals surface area contributed by atoms with E-state index in [0.29, 0.717) is 21.3 Å². The maximum Gasteiger partial charge on any atom is 0.254 e. The fourth-order valence-corrected chi connectivity index (χ4v) is 3.25. The van der Waals surface area contributed by atoms with Crippen LogP contribution in [0.25, 0.3) is 0 Å². The predicted octanol–water partition coefficient (Wildman–Crippen LogP) is 3.88. The molecule has 110 valence electrons. The number of nitrogens with two attached hydrogens (primary N) is 1. The molecule has 21 heavy (non-hydrogen) atoms. The molecule has 4 nitrogen and oxygen atoms in total. The Balaban J connectivity index is 1.91. The lowest BCUT2D eigenvalue weighted by atomic mass is 10.1. The Hall–Kier alpha value is -1.65. The number of rotatable bonds is 2. The number of carbonyl (C=O) groups is 1. The molecule has 1 unspecified atom stereocenters. The number of nitrogen functional groups attached to an aromatic ring is 1. The summed E-state index contributed by atoms with van der Waals surface area (Å²) >= 11 is 12.0. The number of nitrogens with one attached hydrogen (secondary N) is 1. The number of nitrogens with zero attached hydrogens (tertiary/aromatic N) is 1. The summed E-state index contributed by atoms with van der Waals surface area (Å²) in [5.74, 6) is -0.0732.